The number of aromatic amines is 1. The number of nitrogens with zero attached hydrogens (tertiary/aromatic N) is 2. The fourth-order valence-electron chi connectivity index (χ4n) is 1.72. The Bertz CT molecular complexity index is 809. The van der Waals surface area contributed by atoms with Crippen LogP contribution in [0.2, 0.25) is 0 Å². The molecule has 7 heteroatoms. The van der Waals surface area contributed by atoms with Crippen LogP contribution >= 0.6 is 0 Å². The van der Waals surface area contributed by atoms with Crippen LogP contribution in [0.3, 0.4) is 0 Å². The standard InChI is InChI=1S/C12H8FN3O3/c1-18-12-15-10(14-11(17)16-12)8-5-6-3-2-4-7(13)9(6)19-8/h2-5H,1H3,(H,14,15,16,17). The largest absolute Gasteiger partial charge is 0.467 e. The maximum atomic E-state index is 13.5. The number of rotatable bonds is 2. The Labute approximate surface area is 105 Å². The first-order valence-electron chi connectivity index (χ1n) is 5.38. The van der Waals surface area contributed by atoms with Crippen LogP contribution in [-0.4, -0.2) is 22.1 Å². The second kappa shape index (κ2) is 4.20. The van der Waals surface area contributed by atoms with Crippen LogP contribution in [0, 0.1) is 5.82 Å². The Hall–Kier alpha value is -2.70. The number of para-hydroxylation sites is 1. The third kappa shape index (κ3) is 1.95. The van der Waals surface area contributed by atoms with Crippen molar-refractivity contribution < 1.29 is 13.5 Å². The third-order valence-electron chi connectivity index (χ3n) is 2.54. The first kappa shape index (κ1) is 11.4. The summed E-state index contributed by atoms with van der Waals surface area (Å²) >= 11 is 0. The Balaban J connectivity index is 2.21. The average molecular weight is 261 g/mol. The molecule has 0 saturated carbocycles. The molecule has 2 heterocycles. The molecule has 1 N–H and O–H groups in total. The van der Waals surface area contributed by atoms with Crippen LogP contribution < -0.4 is 10.4 Å². The van der Waals surface area contributed by atoms with Gasteiger partial charge in [0.15, 0.2) is 23.0 Å². The van der Waals surface area contributed by atoms with Gasteiger partial charge in [0.2, 0.25) is 0 Å². The highest BCUT2D eigenvalue weighted by molar-refractivity contribution is 5.82. The number of nitrogens with one attached hydrogen (secondary N) is 1. The van der Waals surface area contributed by atoms with Crippen molar-refractivity contribution >= 4 is 11.0 Å². The molecular formula is C12H8FN3O3. The summed E-state index contributed by atoms with van der Waals surface area (Å²) in [6.45, 7) is 0. The average Bonchev–Trinajstić information content (AvgIpc) is 2.83. The second-order valence-corrected chi connectivity index (χ2v) is 3.76. The van der Waals surface area contributed by atoms with Gasteiger partial charge in [-0.25, -0.2) is 9.18 Å². The molecule has 19 heavy (non-hydrogen) atoms. The fourth-order valence-corrected chi connectivity index (χ4v) is 1.72. The molecule has 0 saturated heterocycles. The Kier molecular flexibility index (Phi) is 2.52. The zero-order chi connectivity index (χ0) is 13.4. The lowest BCUT2D eigenvalue weighted by molar-refractivity contribution is 0.376. The second-order valence-electron chi connectivity index (χ2n) is 3.76. The number of fused-ring (bicyclic) bond motifs is 1. The van der Waals surface area contributed by atoms with E-state index in [1.807, 2.05) is 0 Å². The summed E-state index contributed by atoms with van der Waals surface area (Å²) in [4.78, 5) is 21.2. The van der Waals surface area contributed by atoms with Gasteiger partial charge in [-0.15, -0.1) is 4.98 Å². The molecule has 3 aromatic rings. The van der Waals surface area contributed by atoms with Crippen molar-refractivity contribution in [3.8, 4) is 17.6 Å². The van der Waals surface area contributed by atoms with E-state index >= 15 is 0 Å². The summed E-state index contributed by atoms with van der Waals surface area (Å²) in [7, 11) is 1.34. The van der Waals surface area contributed by atoms with Gasteiger partial charge in [0.05, 0.1) is 7.11 Å². The number of benzene rings is 1. The van der Waals surface area contributed by atoms with E-state index in [0.717, 1.165) is 0 Å². The van der Waals surface area contributed by atoms with Crippen LogP contribution in [0.4, 0.5) is 4.39 Å². The van der Waals surface area contributed by atoms with Gasteiger partial charge in [-0.1, -0.05) is 12.1 Å². The molecule has 0 aliphatic heterocycles. The Morgan fingerprint density at radius 3 is 2.95 bits per heavy atom. The zero-order valence-electron chi connectivity index (χ0n) is 9.81. The fraction of sp³-hybridized carbons (Fsp3) is 0.0833. The van der Waals surface area contributed by atoms with Gasteiger partial charge < -0.3 is 9.15 Å². The number of H-pyrrole nitrogens is 1. The Morgan fingerprint density at radius 1 is 1.37 bits per heavy atom. The molecule has 0 bridgehead atoms. The lowest BCUT2D eigenvalue weighted by atomic mass is 10.2. The molecule has 0 aliphatic rings. The van der Waals surface area contributed by atoms with Gasteiger partial charge in [-0.3, -0.25) is 4.98 Å². The predicted molar refractivity (Wildman–Crippen MR) is 64.4 cm³/mol. The molecule has 1 aromatic carbocycles. The number of hydrogen-bond donors (Lipinski definition) is 1. The number of halogens is 1. The lowest BCUT2D eigenvalue weighted by Crippen LogP contribution is -2.14. The molecule has 0 unspecified atom stereocenters. The van der Waals surface area contributed by atoms with Crippen molar-refractivity contribution in [2.24, 2.45) is 0 Å². The minimum absolute atomic E-state index is 0.0836. The summed E-state index contributed by atoms with van der Waals surface area (Å²) < 4.78 is 23.7. The highest BCUT2D eigenvalue weighted by Gasteiger charge is 2.13. The molecule has 2 aromatic heterocycles. The lowest BCUT2D eigenvalue weighted by Gasteiger charge is -1.98. The van der Waals surface area contributed by atoms with Crippen molar-refractivity contribution in [3.63, 3.8) is 0 Å². The minimum atomic E-state index is -0.622. The van der Waals surface area contributed by atoms with Gasteiger partial charge in [0, 0.05) is 5.39 Å². The molecule has 0 radical (unpaired) electrons. The van der Waals surface area contributed by atoms with Crippen molar-refractivity contribution in [3.05, 3.63) is 40.6 Å². The minimum Gasteiger partial charge on any atom is -0.467 e. The van der Waals surface area contributed by atoms with E-state index in [1.54, 1.807) is 18.2 Å². The smallest absolute Gasteiger partial charge is 0.351 e. The Morgan fingerprint density at radius 2 is 2.21 bits per heavy atom. The molecule has 0 atom stereocenters. The number of ether oxygens (including phenoxy) is 1. The van der Waals surface area contributed by atoms with Gasteiger partial charge >= 0.3 is 11.7 Å². The van der Waals surface area contributed by atoms with Gasteiger partial charge in [-0.2, -0.15) is 4.98 Å². The summed E-state index contributed by atoms with van der Waals surface area (Å²) in [5, 5.41) is 0.577. The van der Waals surface area contributed by atoms with Crippen LogP contribution in [0.25, 0.3) is 22.6 Å². The molecular weight excluding hydrogens is 253 g/mol. The summed E-state index contributed by atoms with van der Waals surface area (Å²) in [6, 6.07) is 6.05. The van der Waals surface area contributed by atoms with Crippen molar-refractivity contribution in [2.75, 3.05) is 7.11 Å². The molecule has 0 aliphatic carbocycles. The van der Waals surface area contributed by atoms with Crippen molar-refractivity contribution in [1.82, 2.24) is 15.0 Å². The molecule has 0 amide bonds. The van der Waals surface area contributed by atoms with Crippen LogP contribution in [-0.2, 0) is 0 Å². The quantitative estimate of drug-likeness (QED) is 0.759. The summed E-state index contributed by atoms with van der Waals surface area (Å²) in [5.41, 5.74) is -0.515. The van der Waals surface area contributed by atoms with Crippen LogP contribution in [0.15, 0.2) is 33.5 Å². The summed E-state index contributed by atoms with van der Waals surface area (Å²) in [5.74, 6) is -0.113. The van der Waals surface area contributed by atoms with Gasteiger partial charge in [-0.05, 0) is 12.1 Å². The van der Waals surface area contributed by atoms with E-state index in [1.165, 1.54) is 13.2 Å². The van der Waals surface area contributed by atoms with Crippen molar-refractivity contribution in [2.45, 2.75) is 0 Å². The van der Waals surface area contributed by atoms with Crippen LogP contribution in [0.1, 0.15) is 0 Å². The normalized spacial score (nSPS) is 10.8. The van der Waals surface area contributed by atoms with Gasteiger partial charge in [0.1, 0.15) is 0 Å². The van der Waals surface area contributed by atoms with E-state index in [4.69, 9.17) is 9.15 Å². The molecule has 0 spiro atoms. The van der Waals surface area contributed by atoms with E-state index in [0.29, 0.717) is 5.39 Å². The number of hydrogen-bond acceptors (Lipinski definition) is 5. The monoisotopic (exact) mass is 261 g/mol. The zero-order valence-corrected chi connectivity index (χ0v) is 9.81. The molecule has 6 nitrogen and oxygen atoms in total. The van der Waals surface area contributed by atoms with Crippen molar-refractivity contribution in [1.29, 1.82) is 0 Å². The number of furan rings is 1. The van der Waals surface area contributed by atoms with E-state index < -0.39 is 11.5 Å². The summed E-state index contributed by atoms with van der Waals surface area (Å²) in [6.07, 6.45) is 0. The molecule has 3 rings (SSSR count). The molecule has 96 valence electrons. The predicted octanol–water partition coefficient (Wildman–Crippen LogP) is 1.73. The SMILES string of the molecule is COc1nc(-c2cc3cccc(F)c3o2)[nH]c(=O)n1. The van der Waals surface area contributed by atoms with Gasteiger partial charge in [0.25, 0.3) is 0 Å². The number of methoxy groups -OCH3 is 1. The third-order valence-corrected chi connectivity index (χ3v) is 2.54. The maximum absolute atomic E-state index is 13.5. The number of aromatic nitrogens is 3. The van der Waals surface area contributed by atoms with E-state index in [-0.39, 0.29) is 23.2 Å². The van der Waals surface area contributed by atoms with Crippen LogP contribution in [0.5, 0.6) is 6.01 Å². The van der Waals surface area contributed by atoms with E-state index in [9.17, 15) is 9.18 Å². The highest BCUT2D eigenvalue weighted by Crippen LogP contribution is 2.27. The highest BCUT2D eigenvalue weighted by atomic mass is 19.1. The van der Waals surface area contributed by atoms with E-state index in [2.05, 4.69) is 15.0 Å². The first-order chi connectivity index (χ1) is 9.17. The first-order valence-corrected chi connectivity index (χ1v) is 5.38. The maximum Gasteiger partial charge on any atom is 0.351 e. The topological polar surface area (TPSA) is 81.0 Å². The molecule has 0 fully saturated rings.